The summed E-state index contributed by atoms with van der Waals surface area (Å²) in [5, 5.41) is 13.8. The smallest absolute Gasteiger partial charge is 0.320 e. The molecule has 174 valence electrons. The zero-order valence-electron chi connectivity index (χ0n) is 19.2. The van der Waals surface area contributed by atoms with E-state index in [1.807, 2.05) is 19.9 Å². The number of halogens is 1. The SMILES string of the molecule is CCC(C)[C@H](NC1CC=C(c2cc3c(-c4cc(F)ccc4OC)ccnc3[nH]2)CC1)C(=O)O. The van der Waals surface area contributed by atoms with Crippen molar-refractivity contribution in [3.63, 3.8) is 0 Å². The maximum absolute atomic E-state index is 14.0. The molecule has 0 aliphatic heterocycles. The maximum Gasteiger partial charge on any atom is 0.320 e. The highest BCUT2D eigenvalue weighted by Crippen LogP contribution is 2.37. The monoisotopic (exact) mass is 451 g/mol. The van der Waals surface area contributed by atoms with Crippen LogP contribution in [0, 0.1) is 11.7 Å². The second-order valence-electron chi connectivity index (χ2n) is 8.72. The Bertz CT molecular complexity index is 1190. The van der Waals surface area contributed by atoms with Crippen LogP contribution in [-0.4, -0.2) is 40.2 Å². The highest BCUT2D eigenvalue weighted by Gasteiger charge is 2.27. The number of carboxylic acids is 1. The molecular weight excluding hydrogens is 421 g/mol. The van der Waals surface area contributed by atoms with Crippen molar-refractivity contribution in [1.29, 1.82) is 0 Å². The Morgan fingerprint density at radius 3 is 2.82 bits per heavy atom. The fourth-order valence-electron chi connectivity index (χ4n) is 4.52. The summed E-state index contributed by atoms with van der Waals surface area (Å²) in [6.07, 6.45) is 7.15. The summed E-state index contributed by atoms with van der Waals surface area (Å²) in [6, 6.07) is 8.03. The lowest BCUT2D eigenvalue weighted by Gasteiger charge is -2.28. The molecule has 0 radical (unpaired) electrons. The third kappa shape index (κ3) is 4.78. The molecule has 2 unspecified atom stereocenters. The number of carbonyl (C=O) groups is 1. The molecule has 0 spiro atoms. The number of nitrogens with one attached hydrogen (secondary N) is 2. The van der Waals surface area contributed by atoms with Gasteiger partial charge in [-0.2, -0.15) is 0 Å². The van der Waals surface area contributed by atoms with Crippen LogP contribution in [0.5, 0.6) is 5.75 Å². The van der Waals surface area contributed by atoms with Gasteiger partial charge >= 0.3 is 5.97 Å². The molecule has 1 aliphatic carbocycles. The number of hydrogen-bond acceptors (Lipinski definition) is 4. The first-order chi connectivity index (χ1) is 15.9. The lowest BCUT2D eigenvalue weighted by Crippen LogP contribution is -2.47. The van der Waals surface area contributed by atoms with Crippen LogP contribution >= 0.6 is 0 Å². The topological polar surface area (TPSA) is 87.2 Å². The van der Waals surface area contributed by atoms with Gasteiger partial charge in [0.25, 0.3) is 0 Å². The molecule has 1 aromatic carbocycles. The standard InChI is InChI=1S/C26H30FN3O3/c1-4-15(2)24(26(31)32)29-18-8-5-16(6-9-18)22-14-21-19(11-12-28-25(21)30-22)20-13-17(27)7-10-23(20)33-3/h5,7,10-15,18,24,29H,4,6,8-9H2,1-3H3,(H,28,30)(H,31,32)/t15?,18?,24-/m0/s1. The molecule has 3 aromatic rings. The van der Waals surface area contributed by atoms with E-state index in [9.17, 15) is 14.3 Å². The van der Waals surface area contributed by atoms with E-state index in [0.29, 0.717) is 11.3 Å². The van der Waals surface area contributed by atoms with Gasteiger partial charge in [0.1, 0.15) is 23.3 Å². The lowest BCUT2D eigenvalue weighted by atomic mass is 9.91. The number of methoxy groups -OCH3 is 1. The van der Waals surface area contributed by atoms with Crippen molar-refractivity contribution in [3.05, 3.63) is 54.1 Å². The van der Waals surface area contributed by atoms with E-state index in [-0.39, 0.29) is 17.8 Å². The van der Waals surface area contributed by atoms with E-state index in [2.05, 4.69) is 27.4 Å². The predicted octanol–water partition coefficient (Wildman–Crippen LogP) is 5.40. The van der Waals surface area contributed by atoms with Gasteiger partial charge in [-0.1, -0.05) is 26.3 Å². The van der Waals surface area contributed by atoms with Crippen molar-refractivity contribution in [2.75, 3.05) is 7.11 Å². The number of carboxylic acid groups (broad SMARTS) is 1. The largest absolute Gasteiger partial charge is 0.496 e. The third-order valence-corrected chi connectivity index (χ3v) is 6.63. The summed E-state index contributed by atoms with van der Waals surface area (Å²) in [7, 11) is 1.57. The number of hydrogen-bond donors (Lipinski definition) is 3. The Hall–Kier alpha value is -3.19. The summed E-state index contributed by atoms with van der Waals surface area (Å²) < 4.78 is 19.4. The molecule has 0 bridgehead atoms. The second kappa shape index (κ2) is 9.75. The van der Waals surface area contributed by atoms with Crippen molar-refractivity contribution in [2.24, 2.45) is 5.92 Å². The van der Waals surface area contributed by atoms with Gasteiger partial charge in [-0.15, -0.1) is 0 Å². The number of H-pyrrole nitrogens is 1. The van der Waals surface area contributed by atoms with E-state index in [4.69, 9.17) is 4.74 Å². The molecule has 6 nitrogen and oxygen atoms in total. The second-order valence-corrected chi connectivity index (χ2v) is 8.72. The van der Waals surface area contributed by atoms with Crippen molar-refractivity contribution < 1.29 is 19.0 Å². The van der Waals surface area contributed by atoms with Gasteiger partial charge in [-0.25, -0.2) is 9.37 Å². The summed E-state index contributed by atoms with van der Waals surface area (Å²) in [5.41, 5.74) is 4.43. The van der Waals surface area contributed by atoms with Crippen LogP contribution in [-0.2, 0) is 4.79 Å². The van der Waals surface area contributed by atoms with Crippen LogP contribution in [0.4, 0.5) is 4.39 Å². The number of aliphatic carboxylic acids is 1. The number of fused-ring (bicyclic) bond motifs is 1. The van der Waals surface area contributed by atoms with E-state index < -0.39 is 12.0 Å². The normalized spacial score (nSPS) is 18.1. The van der Waals surface area contributed by atoms with Crippen LogP contribution in [0.1, 0.15) is 45.2 Å². The van der Waals surface area contributed by atoms with Crippen LogP contribution in [0.15, 0.2) is 42.6 Å². The van der Waals surface area contributed by atoms with Crippen LogP contribution < -0.4 is 10.1 Å². The maximum atomic E-state index is 14.0. The molecule has 2 heterocycles. The predicted molar refractivity (Wildman–Crippen MR) is 128 cm³/mol. The minimum absolute atomic E-state index is 0.0749. The zero-order chi connectivity index (χ0) is 23.5. The van der Waals surface area contributed by atoms with Gasteiger partial charge in [-0.3, -0.25) is 4.79 Å². The van der Waals surface area contributed by atoms with Gasteiger partial charge < -0.3 is 20.1 Å². The van der Waals surface area contributed by atoms with E-state index in [0.717, 1.165) is 48.0 Å². The number of nitrogens with zero attached hydrogens (tertiary/aromatic N) is 1. The summed E-state index contributed by atoms with van der Waals surface area (Å²) >= 11 is 0. The van der Waals surface area contributed by atoms with Gasteiger partial charge in [-0.05, 0) is 66.6 Å². The fourth-order valence-corrected chi connectivity index (χ4v) is 4.52. The fraction of sp³-hybridized carbons (Fsp3) is 0.385. The van der Waals surface area contributed by atoms with Gasteiger partial charge in [0, 0.05) is 28.9 Å². The van der Waals surface area contributed by atoms with Crippen molar-refractivity contribution in [3.8, 4) is 16.9 Å². The van der Waals surface area contributed by atoms with Gasteiger partial charge in [0.15, 0.2) is 0 Å². The molecule has 3 atom stereocenters. The highest BCUT2D eigenvalue weighted by atomic mass is 19.1. The van der Waals surface area contributed by atoms with E-state index in [1.54, 1.807) is 19.4 Å². The number of aromatic amines is 1. The van der Waals surface area contributed by atoms with Gasteiger partial charge in [0.05, 0.1) is 7.11 Å². The van der Waals surface area contributed by atoms with Crippen LogP contribution in [0.3, 0.4) is 0 Å². The first-order valence-electron chi connectivity index (χ1n) is 11.4. The van der Waals surface area contributed by atoms with E-state index >= 15 is 0 Å². The Labute approximate surface area is 192 Å². The molecule has 33 heavy (non-hydrogen) atoms. The first kappa shape index (κ1) is 23.0. The number of benzene rings is 1. The Kier molecular flexibility index (Phi) is 6.79. The molecular formula is C26H30FN3O3. The number of pyridine rings is 1. The third-order valence-electron chi connectivity index (χ3n) is 6.63. The number of allylic oxidation sites excluding steroid dienone is 1. The average molecular weight is 452 g/mol. The Balaban J connectivity index is 1.59. The molecule has 7 heteroatoms. The molecule has 0 saturated heterocycles. The molecule has 0 saturated carbocycles. The summed E-state index contributed by atoms with van der Waals surface area (Å²) in [6.45, 7) is 3.98. The Morgan fingerprint density at radius 2 is 2.15 bits per heavy atom. The van der Waals surface area contributed by atoms with E-state index in [1.165, 1.54) is 17.7 Å². The van der Waals surface area contributed by atoms with Crippen molar-refractivity contribution >= 4 is 22.6 Å². The molecule has 4 rings (SSSR count). The minimum Gasteiger partial charge on any atom is -0.496 e. The summed E-state index contributed by atoms with van der Waals surface area (Å²) in [4.78, 5) is 19.5. The quantitative estimate of drug-likeness (QED) is 0.427. The molecule has 3 N–H and O–H groups in total. The van der Waals surface area contributed by atoms with Crippen LogP contribution in [0.25, 0.3) is 27.7 Å². The number of rotatable bonds is 8. The lowest BCUT2D eigenvalue weighted by molar-refractivity contribution is -0.141. The first-order valence-corrected chi connectivity index (χ1v) is 11.4. The summed E-state index contributed by atoms with van der Waals surface area (Å²) in [5.74, 6) is -0.434. The molecule has 1 aliphatic rings. The average Bonchev–Trinajstić information content (AvgIpc) is 3.26. The minimum atomic E-state index is -0.791. The van der Waals surface area contributed by atoms with Crippen LogP contribution in [0.2, 0.25) is 0 Å². The van der Waals surface area contributed by atoms with Gasteiger partial charge in [0.2, 0.25) is 0 Å². The van der Waals surface area contributed by atoms with Crippen molar-refractivity contribution in [2.45, 2.75) is 51.6 Å². The highest BCUT2D eigenvalue weighted by molar-refractivity contribution is 5.96. The molecule has 2 aromatic heterocycles. The molecule has 0 amide bonds. The number of aromatic nitrogens is 2. The molecule has 0 fully saturated rings. The zero-order valence-corrected chi connectivity index (χ0v) is 19.2. The number of ether oxygens (including phenoxy) is 1. The Morgan fingerprint density at radius 1 is 1.33 bits per heavy atom. The van der Waals surface area contributed by atoms with Crippen molar-refractivity contribution in [1.82, 2.24) is 15.3 Å².